The molecule has 2 amide bonds. The summed E-state index contributed by atoms with van der Waals surface area (Å²) in [4.78, 5) is 14.0. The molecule has 7 nitrogen and oxygen atoms in total. The van der Waals surface area contributed by atoms with E-state index < -0.39 is 10.0 Å². The number of anilines is 1. The van der Waals surface area contributed by atoms with Gasteiger partial charge in [-0.2, -0.15) is 0 Å². The largest absolute Gasteiger partial charge is 0.497 e. The average molecular weight is 404 g/mol. The normalized spacial score (nSPS) is 14.1. The summed E-state index contributed by atoms with van der Waals surface area (Å²) in [7, 11) is -2.00. The fourth-order valence-corrected chi connectivity index (χ4v) is 4.08. The first-order valence-electron chi connectivity index (χ1n) is 9.26. The van der Waals surface area contributed by atoms with Crippen molar-refractivity contribution in [2.24, 2.45) is 0 Å². The maximum atomic E-state index is 12.4. The molecule has 0 unspecified atom stereocenters. The van der Waals surface area contributed by atoms with E-state index in [2.05, 4.69) is 10.0 Å². The van der Waals surface area contributed by atoms with E-state index in [-0.39, 0.29) is 10.9 Å². The number of amides is 2. The standard InChI is InChI=1S/C20H25N3O4S/c1-27-18-8-4-16(5-9-18)12-13-21-28(25,26)19-10-6-17(7-11-19)22-20(24)23-14-2-3-15-23/h4-11,21H,2-3,12-15H2,1H3,(H,22,24). The Kier molecular flexibility index (Phi) is 6.53. The molecule has 1 aliphatic heterocycles. The van der Waals surface area contributed by atoms with Gasteiger partial charge < -0.3 is 15.0 Å². The van der Waals surface area contributed by atoms with Crippen LogP contribution in [-0.2, 0) is 16.4 Å². The van der Waals surface area contributed by atoms with Gasteiger partial charge in [0, 0.05) is 25.3 Å². The second kappa shape index (κ2) is 9.07. The van der Waals surface area contributed by atoms with Crippen LogP contribution in [0.1, 0.15) is 18.4 Å². The minimum absolute atomic E-state index is 0.147. The van der Waals surface area contributed by atoms with Crippen molar-refractivity contribution in [3.63, 3.8) is 0 Å². The van der Waals surface area contributed by atoms with Crippen LogP contribution in [0.2, 0.25) is 0 Å². The smallest absolute Gasteiger partial charge is 0.321 e. The monoisotopic (exact) mass is 403 g/mol. The van der Waals surface area contributed by atoms with Crippen molar-refractivity contribution in [1.82, 2.24) is 9.62 Å². The molecule has 0 radical (unpaired) electrons. The summed E-state index contributed by atoms with van der Waals surface area (Å²) in [5.41, 5.74) is 1.59. The molecule has 0 aromatic heterocycles. The predicted octanol–water partition coefficient (Wildman–Crippen LogP) is 2.84. The van der Waals surface area contributed by atoms with Crippen LogP contribution in [0.25, 0.3) is 0 Å². The van der Waals surface area contributed by atoms with Crippen LogP contribution in [0, 0.1) is 0 Å². The molecule has 1 saturated heterocycles. The third-order valence-electron chi connectivity index (χ3n) is 4.67. The van der Waals surface area contributed by atoms with Crippen molar-refractivity contribution < 1.29 is 17.9 Å². The predicted molar refractivity (Wildman–Crippen MR) is 108 cm³/mol. The number of nitrogens with zero attached hydrogens (tertiary/aromatic N) is 1. The molecule has 0 aliphatic carbocycles. The molecule has 2 aromatic carbocycles. The Balaban J connectivity index is 1.53. The molecular formula is C20H25N3O4S. The Morgan fingerprint density at radius 1 is 1.04 bits per heavy atom. The van der Waals surface area contributed by atoms with Gasteiger partial charge in [0.15, 0.2) is 0 Å². The number of rotatable bonds is 7. The molecule has 1 fully saturated rings. The van der Waals surface area contributed by atoms with Gasteiger partial charge in [-0.15, -0.1) is 0 Å². The zero-order valence-electron chi connectivity index (χ0n) is 15.8. The minimum atomic E-state index is -3.60. The first-order chi connectivity index (χ1) is 13.5. The second-order valence-electron chi connectivity index (χ2n) is 6.64. The van der Waals surface area contributed by atoms with Gasteiger partial charge in [0.1, 0.15) is 5.75 Å². The van der Waals surface area contributed by atoms with E-state index in [9.17, 15) is 13.2 Å². The molecular weight excluding hydrogens is 378 g/mol. The Hall–Kier alpha value is -2.58. The molecule has 0 bridgehead atoms. The van der Waals surface area contributed by atoms with Crippen molar-refractivity contribution in [3.05, 3.63) is 54.1 Å². The highest BCUT2D eigenvalue weighted by molar-refractivity contribution is 7.89. The van der Waals surface area contributed by atoms with Gasteiger partial charge in [-0.05, 0) is 61.2 Å². The lowest BCUT2D eigenvalue weighted by Gasteiger charge is -2.16. The van der Waals surface area contributed by atoms with E-state index in [4.69, 9.17) is 4.74 Å². The minimum Gasteiger partial charge on any atom is -0.497 e. The van der Waals surface area contributed by atoms with Crippen LogP contribution in [0.4, 0.5) is 10.5 Å². The van der Waals surface area contributed by atoms with Crippen LogP contribution < -0.4 is 14.8 Å². The highest BCUT2D eigenvalue weighted by Gasteiger charge is 2.18. The molecule has 0 saturated carbocycles. The molecule has 150 valence electrons. The van der Waals surface area contributed by atoms with Gasteiger partial charge in [-0.25, -0.2) is 17.9 Å². The zero-order valence-corrected chi connectivity index (χ0v) is 16.7. The number of likely N-dealkylation sites (tertiary alicyclic amines) is 1. The van der Waals surface area contributed by atoms with Crippen LogP contribution in [0.5, 0.6) is 5.75 Å². The Morgan fingerprint density at radius 3 is 2.29 bits per heavy atom. The summed E-state index contributed by atoms with van der Waals surface area (Å²) >= 11 is 0. The molecule has 2 N–H and O–H groups in total. The molecule has 1 aliphatic rings. The maximum Gasteiger partial charge on any atom is 0.321 e. The molecule has 1 heterocycles. The number of benzene rings is 2. The first kappa shape index (κ1) is 20.2. The van der Waals surface area contributed by atoms with Crippen molar-refractivity contribution in [2.45, 2.75) is 24.2 Å². The van der Waals surface area contributed by atoms with Crippen molar-refractivity contribution >= 4 is 21.7 Å². The number of carbonyl (C=O) groups excluding carboxylic acids is 1. The summed E-state index contributed by atoms with van der Waals surface area (Å²) in [6, 6.07) is 13.6. The van der Waals surface area contributed by atoms with Gasteiger partial charge in [0.05, 0.1) is 12.0 Å². The molecule has 28 heavy (non-hydrogen) atoms. The molecule has 2 aromatic rings. The highest BCUT2D eigenvalue weighted by Crippen LogP contribution is 2.16. The van der Waals surface area contributed by atoms with E-state index in [1.807, 2.05) is 24.3 Å². The fraction of sp³-hybridized carbons (Fsp3) is 0.350. The first-order valence-corrected chi connectivity index (χ1v) is 10.7. The lowest BCUT2D eigenvalue weighted by atomic mass is 10.1. The van der Waals surface area contributed by atoms with Crippen LogP contribution >= 0.6 is 0 Å². The third kappa shape index (κ3) is 5.24. The number of carbonyl (C=O) groups is 1. The zero-order chi connectivity index (χ0) is 20.0. The summed E-state index contributed by atoms with van der Waals surface area (Å²) < 4.78 is 32.6. The SMILES string of the molecule is COc1ccc(CCNS(=O)(=O)c2ccc(NC(=O)N3CCCC3)cc2)cc1. The summed E-state index contributed by atoms with van der Waals surface area (Å²) in [6.07, 6.45) is 2.62. The van der Waals surface area contributed by atoms with E-state index in [1.54, 1.807) is 24.1 Å². The summed E-state index contributed by atoms with van der Waals surface area (Å²) in [6.45, 7) is 1.81. The third-order valence-corrected chi connectivity index (χ3v) is 6.15. The molecule has 8 heteroatoms. The number of nitrogens with one attached hydrogen (secondary N) is 2. The van der Waals surface area contributed by atoms with Gasteiger partial charge >= 0.3 is 6.03 Å². The van der Waals surface area contributed by atoms with Gasteiger partial charge in [0.25, 0.3) is 0 Å². The molecule has 0 spiro atoms. The van der Waals surface area contributed by atoms with E-state index in [0.29, 0.717) is 18.7 Å². The lowest BCUT2D eigenvalue weighted by Crippen LogP contribution is -2.32. The van der Waals surface area contributed by atoms with E-state index in [0.717, 1.165) is 37.2 Å². The number of hydrogen-bond acceptors (Lipinski definition) is 4. The highest BCUT2D eigenvalue weighted by atomic mass is 32.2. The Morgan fingerprint density at radius 2 is 1.68 bits per heavy atom. The van der Waals surface area contributed by atoms with Gasteiger partial charge in [-0.3, -0.25) is 0 Å². The summed E-state index contributed by atoms with van der Waals surface area (Å²) in [5, 5.41) is 2.80. The Bertz CT molecular complexity index is 890. The van der Waals surface area contributed by atoms with Crippen LogP contribution in [0.3, 0.4) is 0 Å². The number of ether oxygens (including phenoxy) is 1. The molecule has 3 rings (SSSR count). The second-order valence-corrected chi connectivity index (χ2v) is 8.41. The lowest BCUT2D eigenvalue weighted by molar-refractivity contribution is 0.222. The van der Waals surface area contributed by atoms with Crippen LogP contribution in [0.15, 0.2) is 53.4 Å². The number of sulfonamides is 1. The quantitative estimate of drug-likeness (QED) is 0.744. The van der Waals surface area contributed by atoms with E-state index in [1.165, 1.54) is 12.1 Å². The average Bonchev–Trinajstić information content (AvgIpc) is 3.24. The topological polar surface area (TPSA) is 87.7 Å². The number of urea groups is 1. The number of hydrogen-bond donors (Lipinski definition) is 2. The maximum absolute atomic E-state index is 12.4. The van der Waals surface area contributed by atoms with Crippen molar-refractivity contribution in [1.29, 1.82) is 0 Å². The number of methoxy groups -OCH3 is 1. The van der Waals surface area contributed by atoms with Crippen molar-refractivity contribution in [3.8, 4) is 5.75 Å². The van der Waals surface area contributed by atoms with Gasteiger partial charge in [0.2, 0.25) is 10.0 Å². The van der Waals surface area contributed by atoms with Crippen LogP contribution in [-0.4, -0.2) is 46.1 Å². The van der Waals surface area contributed by atoms with Gasteiger partial charge in [-0.1, -0.05) is 12.1 Å². The Labute approximate surface area is 165 Å². The van der Waals surface area contributed by atoms with E-state index >= 15 is 0 Å². The fourth-order valence-electron chi connectivity index (χ4n) is 3.05. The molecule has 0 atom stereocenters. The summed E-state index contributed by atoms with van der Waals surface area (Å²) in [5.74, 6) is 0.765. The van der Waals surface area contributed by atoms with Crippen molar-refractivity contribution in [2.75, 3.05) is 32.1 Å².